The lowest BCUT2D eigenvalue weighted by Gasteiger charge is -2.42. The van der Waals surface area contributed by atoms with Crippen LogP contribution in [0.25, 0.3) is 0 Å². The molecule has 82 valence electrons. The fourth-order valence-corrected chi connectivity index (χ4v) is 1.86. The van der Waals surface area contributed by atoms with Gasteiger partial charge in [0.25, 0.3) is 0 Å². The van der Waals surface area contributed by atoms with Gasteiger partial charge in [0.2, 0.25) is 5.54 Å². The van der Waals surface area contributed by atoms with Crippen molar-refractivity contribution in [2.45, 2.75) is 31.0 Å². The number of halogens is 3. The first kappa shape index (κ1) is 11.3. The van der Waals surface area contributed by atoms with Gasteiger partial charge in [0.15, 0.2) is 0 Å². The SMILES string of the molecule is CN1CCCCC1(C(=O)O)C(F)(F)F. The van der Waals surface area contributed by atoms with Gasteiger partial charge in [-0.2, -0.15) is 13.2 Å². The van der Waals surface area contributed by atoms with Crippen LogP contribution in [0.4, 0.5) is 13.2 Å². The minimum absolute atomic E-state index is 0.172. The zero-order valence-corrected chi connectivity index (χ0v) is 7.76. The molecule has 0 aliphatic carbocycles. The van der Waals surface area contributed by atoms with Crippen LogP contribution in [0.5, 0.6) is 0 Å². The number of likely N-dealkylation sites (N-methyl/N-ethyl adjacent to an activating group) is 1. The van der Waals surface area contributed by atoms with Crippen molar-refractivity contribution in [1.29, 1.82) is 0 Å². The molecule has 1 rings (SSSR count). The van der Waals surface area contributed by atoms with E-state index in [0.29, 0.717) is 12.8 Å². The van der Waals surface area contributed by atoms with E-state index in [-0.39, 0.29) is 13.0 Å². The summed E-state index contributed by atoms with van der Waals surface area (Å²) in [6.45, 7) is 0.172. The topological polar surface area (TPSA) is 40.5 Å². The van der Waals surface area contributed by atoms with Gasteiger partial charge < -0.3 is 5.11 Å². The second-order valence-corrected chi connectivity index (χ2v) is 3.54. The molecule has 0 spiro atoms. The number of rotatable bonds is 1. The third kappa shape index (κ3) is 1.47. The van der Waals surface area contributed by atoms with Crippen LogP contribution in [0.2, 0.25) is 0 Å². The molecule has 0 aromatic carbocycles. The summed E-state index contributed by atoms with van der Waals surface area (Å²) in [6, 6.07) is 0. The predicted molar refractivity (Wildman–Crippen MR) is 42.9 cm³/mol. The smallest absolute Gasteiger partial charge is 0.417 e. The van der Waals surface area contributed by atoms with Crippen LogP contribution in [-0.4, -0.2) is 41.3 Å². The molecule has 0 aromatic heterocycles. The lowest BCUT2D eigenvalue weighted by molar-refractivity contribution is -0.241. The van der Waals surface area contributed by atoms with Crippen LogP contribution in [0.15, 0.2) is 0 Å². The monoisotopic (exact) mass is 211 g/mol. The number of aliphatic carboxylic acids is 1. The summed E-state index contributed by atoms with van der Waals surface area (Å²) in [5, 5.41) is 8.73. The fourth-order valence-electron chi connectivity index (χ4n) is 1.86. The number of piperidine rings is 1. The fraction of sp³-hybridized carbons (Fsp3) is 0.875. The van der Waals surface area contributed by atoms with E-state index in [1.807, 2.05) is 0 Å². The molecule has 0 aromatic rings. The standard InChI is InChI=1S/C8H12F3NO2/c1-12-5-3-2-4-7(12,6(13)14)8(9,10)11/h2-5H2,1H3,(H,13,14). The third-order valence-corrected chi connectivity index (χ3v) is 2.76. The molecule has 1 saturated heterocycles. The summed E-state index contributed by atoms with van der Waals surface area (Å²) < 4.78 is 38.0. The minimum Gasteiger partial charge on any atom is -0.480 e. The molecule has 1 aliphatic rings. The molecule has 1 unspecified atom stereocenters. The Morgan fingerprint density at radius 3 is 2.29 bits per heavy atom. The molecule has 1 N–H and O–H groups in total. The molecule has 1 fully saturated rings. The maximum absolute atomic E-state index is 12.7. The number of hydrogen-bond acceptors (Lipinski definition) is 2. The number of carboxylic acids is 1. The zero-order chi connectivity index (χ0) is 11.0. The number of carboxylic acid groups (broad SMARTS) is 1. The Labute approximate surface area is 79.5 Å². The van der Waals surface area contributed by atoms with Crippen LogP contribution in [-0.2, 0) is 4.79 Å². The predicted octanol–water partition coefficient (Wildman–Crippen LogP) is 1.49. The lowest BCUT2D eigenvalue weighted by atomic mass is 9.86. The van der Waals surface area contributed by atoms with Gasteiger partial charge in [0.1, 0.15) is 0 Å². The number of likely N-dealkylation sites (tertiary alicyclic amines) is 1. The molecule has 0 radical (unpaired) electrons. The molecule has 6 heteroatoms. The maximum atomic E-state index is 12.7. The number of nitrogens with zero attached hydrogens (tertiary/aromatic N) is 1. The molecular weight excluding hydrogens is 199 g/mol. The van der Waals surface area contributed by atoms with Crippen molar-refractivity contribution in [2.75, 3.05) is 13.6 Å². The molecule has 0 bridgehead atoms. The number of carbonyl (C=O) groups is 1. The van der Waals surface area contributed by atoms with Crippen molar-refractivity contribution in [3.05, 3.63) is 0 Å². The summed E-state index contributed by atoms with van der Waals surface area (Å²) in [6.07, 6.45) is -4.16. The summed E-state index contributed by atoms with van der Waals surface area (Å²) >= 11 is 0. The van der Waals surface area contributed by atoms with Crippen molar-refractivity contribution in [3.63, 3.8) is 0 Å². The molecule has 1 aliphatic heterocycles. The summed E-state index contributed by atoms with van der Waals surface area (Å²) in [7, 11) is 1.21. The van der Waals surface area contributed by atoms with Gasteiger partial charge in [-0.25, -0.2) is 4.79 Å². The first-order valence-corrected chi connectivity index (χ1v) is 4.34. The average Bonchev–Trinajstić information content (AvgIpc) is 2.02. The molecule has 0 amide bonds. The highest BCUT2D eigenvalue weighted by molar-refractivity contribution is 5.80. The second kappa shape index (κ2) is 3.42. The second-order valence-electron chi connectivity index (χ2n) is 3.54. The van der Waals surface area contributed by atoms with Gasteiger partial charge in [-0.3, -0.25) is 4.90 Å². The quantitative estimate of drug-likeness (QED) is 0.714. The summed E-state index contributed by atoms with van der Waals surface area (Å²) in [4.78, 5) is 11.7. The van der Waals surface area contributed by atoms with E-state index in [9.17, 15) is 18.0 Å². The first-order valence-electron chi connectivity index (χ1n) is 4.34. The van der Waals surface area contributed by atoms with Gasteiger partial charge in [-0.15, -0.1) is 0 Å². The van der Waals surface area contributed by atoms with E-state index < -0.39 is 17.7 Å². The van der Waals surface area contributed by atoms with Crippen LogP contribution < -0.4 is 0 Å². The van der Waals surface area contributed by atoms with Gasteiger partial charge >= 0.3 is 12.1 Å². The Kier molecular flexibility index (Phi) is 2.76. The lowest BCUT2D eigenvalue weighted by Crippen LogP contribution is -2.64. The van der Waals surface area contributed by atoms with Gasteiger partial charge in [0.05, 0.1) is 0 Å². The van der Waals surface area contributed by atoms with Crippen LogP contribution in [0, 0.1) is 0 Å². The van der Waals surface area contributed by atoms with E-state index in [1.165, 1.54) is 7.05 Å². The summed E-state index contributed by atoms with van der Waals surface area (Å²) in [5.41, 5.74) is -2.68. The van der Waals surface area contributed by atoms with Crippen molar-refractivity contribution in [1.82, 2.24) is 4.90 Å². The average molecular weight is 211 g/mol. The van der Waals surface area contributed by atoms with Crippen molar-refractivity contribution < 1.29 is 23.1 Å². The zero-order valence-electron chi connectivity index (χ0n) is 7.76. The summed E-state index contributed by atoms with van der Waals surface area (Å²) in [5.74, 6) is -1.80. The van der Waals surface area contributed by atoms with E-state index in [4.69, 9.17) is 5.11 Å². The Bertz CT molecular complexity index is 241. The normalized spacial score (nSPS) is 30.3. The largest absolute Gasteiger partial charge is 0.480 e. The first-order chi connectivity index (χ1) is 6.32. The minimum atomic E-state index is -4.71. The van der Waals surface area contributed by atoms with Crippen LogP contribution in [0.3, 0.4) is 0 Å². The molecule has 14 heavy (non-hydrogen) atoms. The molecule has 0 saturated carbocycles. The van der Waals surface area contributed by atoms with Crippen LogP contribution in [0.1, 0.15) is 19.3 Å². The highest BCUT2D eigenvalue weighted by Crippen LogP contribution is 2.41. The molecule has 3 nitrogen and oxygen atoms in total. The van der Waals surface area contributed by atoms with Gasteiger partial charge in [0, 0.05) is 0 Å². The highest BCUT2D eigenvalue weighted by Gasteiger charge is 2.63. The van der Waals surface area contributed by atoms with Crippen molar-refractivity contribution in [2.24, 2.45) is 0 Å². The van der Waals surface area contributed by atoms with E-state index in [1.54, 1.807) is 0 Å². The Morgan fingerprint density at radius 2 is 2.00 bits per heavy atom. The van der Waals surface area contributed by atoms with Crippen molar-refractivity contribution in [3.8, 4) is 0 Å². The number of hydrogen-bond donors (Lipinski definition) is 1. The van der Waals surface area contributed by atoms with Crippen molar-refractivity contribution >= 4 is 5.97 Å². The van der Waals surface area contributed by atoms with Gasteiger partial charge in [-0.1, -0.05) is 0 Å². The third-order valence-electron chi connectivity index (χ3n) is 2.76. The van der Waals surface area contributed by atoms with E-state index in [2.05, 4.69) is 0 Å². The Hall–Kier alpha value is -0.780. The van der Waals surface area contributed by atoms with Crippen LogP contribution >= 0.6 is 0 Å². The Morgan fingerprint density at radius 1 is 1.43 bits per heavy atom. The maximum Gasteiger partial charge on any atom is 0.417 e. The highest BCUT2D eigenvalue weighted by atomic mass is 19.4. The molecular formula is C8H12F3NO2. The molecule has 1 heterocycles. The van der Waals surface area contributed by atoms with Gasteiger partial charge in [-0.05, 0) is 32.9 Å². The number of alkyl halides is 3. The molecule has 1 atom stereocenters. The van der Waals surface area contributed by atoms with E-state index in [0.717, 1.165) is 4.90 Å². The van der Waals surface area contributed by atoms with E-state index >= 15 is 0 Å². The Balaban J connectivity index is 3.08.